The van der Waals surface area contributed by atoms with Crippen molar-refractivity contribution in [3.63, 3.8) is 0 Å². The number of hydrogen-bond donors (Lipinski definition) is 2. The lowest BCUT2D eigenvalue weighted by Crippen LogP contribution is -1.99. The molecule has 17 heavy (non-hydrogen) atoms. The Morgan fingerprint density at radius 3 is 2.47 bits per heavy atom. The lowest BCUT2D eigenvalue weighted by molar-refractivity contribution is 0.408. The molecule has 1 heterocycles. The monoisotopic (exact) mass is 231 g/mol. The fourth-order valence-corrected chi connectivity index (χ4v) is 2.13. The molecule has 90 valence electrons. The third-order valence-electron chi connectivity index (χ3n) is 2.86. The highest BCUT2D eigenvalue weighted by molar-refractivity contribution is 5.66. The second-order valence-corrected chi connectivity index (χ2v) is 4.08. The van der Waals surface area contributed by atoms with Crippen LogP contribution in [0.5, 0.6) is 5.75 Å². The molecule has 4 nitrogen and oxygen atoms in total. The molecule has 2 aromatic rings. The van der Waals surface area contributed by atoms with Crippen LogP contribution < -0.4 is 10.5 Å². The van der Waals surface area contributed by atoms with Gasteiger partial charge in [-0.3, -0.25) is 0 Å². The molecule has 2 rings (SSSR count). The van der Waals surface area contributed by atoms with Gasteiger partial charge < -0.3 is 15.5 Å². The highest BCUT2D eigenvalue weighted by Gasteiger charge is 2.11. The maximum Gasteiger partial charge on any atom is 0.124 e. The Morgan fingerprint density at radius 2 is 1.94 bits per heavy atom. The molecule has 3 N–H and O–H groups in total. The van der Waals surface area contributed by atoms with Crippen molar-refractivity contribution >= 4 is 0 Å². The summed E-state index contributed by atoms with van der Waals surface area (Å²) in [6.07, 6.45) is 1.67. The van der Waals surface area contributed by atoms with Crippen molar-refractivity contribution in [1.82, 2.24) is 9.97 Å². The van der Waals surface area contributed by atoms with Gasteiger partial charge in [-0.1, -0.05) is 0 Å². The smallest absolute Gasteiger partial charge is 0.124 e. The van der Waals surface area contributed by atoms with Crippen LogP contribution in [0.1, 0.15) is 16.8 Å². The number of aryl methyl sites for hydroxylation is 2. The van der Waals surface area contributed by atoms with E-state index in [0.29, 0.717) is 6.54 Å². The number of aromatic nitrogens is 2. The second kappa shape index (κ2) is 4.59. The molecule has 4 heteroatoms. The zero-order chi connectivity index (χ0) is 12.4. The number of methoxy groups -OCH3 is 1. The predicted molar refractivity (Wildman–Crippen MR) is 67.9 cm³/mol. The number of ether oxygens (including phenoxy) is 1. The Bertz CT molecular complexity index is 508. The normalized spacial score (nSPS) is 10.6. The summed E-state index contributed by atoms with van der Waals surface area (Å²) in [4.78, 5) is 7.37. The Balaban J connectivity index is 2.54. The third kappa shape index (κ3) is 2.03. The van der Waals surface area contributed by atoms with Crippen LogP contribution in [0.25, 0.3) is 11.3 Å². The van der Waals surface area contributed by atoms with Crippen molar-refractivity contribution in [2.45, 2.75) is 20.4 Å². The first-order valence-corrected chi connectivity index (χ1v) is 5.55. The first-order valence-electron chi connectivity index (χ1n) is 5.55. The minimum Gasteiger partial charge on any atom is -0.496 e. The predicted octanol–water partition coefficient (Wildman–Crippen LogP) is 2.16. The van der Waals surface area contributed by atoms with Crippen LogP contribution in [0.2, 0.25) is 0 Å². The molecule has 0 saturated heterocycles. The molecule has 0 bridgehead atoms. The lowest BCUT2D eigenvalue weighted by Gasteiger charge is -2.11. The van der Waals surface area contributed by atoms with Crippen molar-refractivity contribution in [3.8, 4) is 17.0 Å². The van der Waals surface area contributed by atoms with Gasteiger partial charge in [0.25, 0.3) is 0 Å². The van der Waals surface area contributed by atoms with E-state index >= 15 is 0 Å². The average Bonchev–Trinajstić information content (AvgIpc) is 2.76. The van der Waals surface area contributed by atoms with Crippen LogP contribution in [-0.2, 0) is 6.54 Å². The highest BCUT2D eigenvalue weighted by atomic mass is 16.5. The zero-order valence-electron chi connectivity index (χ0n) is 10.4. The van der Waals surface area contributed by atoms with Crippen LogP contribution >= 0.6 is 0 Å². The number of H-pyrrole nitrogens is 1. The molecule has 0 radical (unpaired) electrons. The Hall–Kier alpha value is -1.81. The molecular weight excluding hydrogens is 214 g/mol. The van der Waals surface area contributed by atoms with Gasteiger partial charge in [0.2, 0.25) is 0 Å². The number of rotatable bonds is 3. The largest absolute Gasteiger partial charge is 0.496 e. The van der Waals surface area contributed by atoms with Gasteiger partial charge in [0.15, 0.2) is 0 Å². The number of nitrogens with two attached hydrogens (primary N) is 1. The van der Waals surface area contributed by atoms with E-state index in [1.165, 1.54) is 0 Å². The van der Waals surface area contributed by atoms with Gasteiger partial charge in [-0.2, -0.15) is 0 Å². The minimum absolute atomic E-state index is 0.458. The van der Waals surface area contributed by atoms with Gasteiger partial charge in [0.1, 0.15) is 5.75 Å². The SMILES string of the molecule is COc1c(C)cc(-c2nc[nH]c2CN)cc1C. The van der Waals surface area contributed by atoms with E-state index in [0.717, 1.165) is 33.8 Å². The summed E-state index contributed by atoms with van der Waals surface area (Å²) in [6, 6.07) is 4.14. The molecule has 0 amide bonds. The Kier molecular flexibility index (Phi) is 3.15. The van der Waals surface area contributed by atoms with Gasteiger partial charge in [-0.15, -0.1) is 0 Å². The fourth-order valence-electron chi connectivity index (χ4n) is 2.13. The minimum atomic E-state index is 0.458. The number of imidazole rings is 1. The molecule has 0 unspecified atom stereocenters. The van der Waals surface area contributed by atoms with E-state index in [1.807, 2.05) is 13.8 Å². The molecule has 1 aromatic carbocycles. The first-order chi connectivity index (χ1) is 8.17. The summed E-state index contributed by atoms with van der Waals surface area (Å²) >= 11 is 0. The molecule has 0 spiro atoms. The summed E-state index contributed by atoms with van der Waals surface area (Å²) in [5.74, 6) is 0.929. The first kappa shape index (κ1) is 11.7. The number of nitrogens with one attached hydrogen (secondary N) is 1. The molecule has 0 atom stereocenters. The Labute approximate surface area is 101 Å². The fraction of sp³-hybridized carbons (Fsp3) is 0.308. The molecule has 0 saturated carbocycles. The quantitative estimate of drug-likeness (QED) is 0.850. The maximum absolute atomic E-state index is 5.67. The van der Waals surface area contributed by atoms with Gasteiger partial charge in [0, 0.05) is 12.1 Å². The molecular formula is C13H17N3O. The molecule has 0 aliphatic rings. The van der Waals surface area contributed by atoms with E-state index in [4.69, 9.17) is 10.5 Å². The van der Waals surface area contributed by atoms with Crippen LogP contribution in [0.4, 0.5) is 0 Å². The average molecular weight is 231 g/mol. The highest BCUT2D eigenvalue weighted by Crippen LogP contribution is 2.30. The van der Waals surface area contributed by atoms with Gasteiger partial charge in [-0.05, 0) is 37.1 Å². The second-order valence-electron chi connectivity index (χ2n) is 4.08. The van der Waals surface area contributed by atoms with Crippen LogP contribution in [0.15, 0.2) is 18.5 Å². The summed E-state index contributed by atoms with van der Waals surface area (Å²) in [5, 5.41) is 0. The topological polar surface area (TPSA) is 63.9 Å². The van der Waals surface area contributed by atoms with Crippen LogP contribution in [0.3, 0.4) is 0 Å². The number of hydrogen-bond acceptors (Lipinski definition) is 3. The number of benzene rings is 1. The van der Waals surface area contributed by atoms with Gasteiger partial charge in [0.05, 0.1) is 24.8 Å². The van der Waals surface area contributed by atoms with Gasteiger partial charge >= 0.3 is 0 Å². The van der Waals surface area contributed by atoms with E-state index in [-0.39, 0.29) is 0 Å². The number of aromatic amines is 1. The summed E-state index contributed by atoms with van der Waals surface area (Å²) in [7, 11) is 1.69. The van der Waals surface area contributed by atoms with Crippen molar-refractivity contribution in [1.29, 1.82) is 0 Å². The lowest BCUT2D eigenvalue weighted by atomic mass is 10.0. The van der Waals surface area contributed by atoms with Crippen molar-refractivity contribution in [3.05, 3.63) is 35.3 Å². The van der Waals surface area contributed by atoms with E-state index in [9.17, 15) is 0 Å². The summed E-state index contributed by atoms with van der Waals surface area (Å²) in [5.41, 5.74) is 10.8. The van der Waals surface area contributed by atoms with Gasteiger partial charge in [-0.25, -0.2) is 4.98 Å². The maximum atomic E-state index is 5.67. The summed E-state index contributed by atoms with van der Waals surface area (Å²) in [6.45, 7) is 4.52. The standard InChI is InChI=1S/C13H17N3O/c1-8-4-10(5-9(2)13(8)17-3)12-11(6-14)15-7-16-12/h4-5,7H,6,14H2,1-3H3,(H,15,16). The molecule has 0 aliphatic carbocycles. The zero-order valence-corrected chi connectivity index (χ0v) is 10.4. The van der Waals surface area contributed by atoms with E-state index in [2.05, 4.69) is 22.1 Å². The molecule has 0 fully saturated rings. The summed E-state index contributed by atoms with van der Waals surface area (Å²) < 4.78 is 5.35. The number of nitrogens with zero attached hydrogens (tertiary/aromatic N) is 1. The van der Waals surface area contributed by atoms with Crippen molar-refractivity contribution < 1.29 is 4.74 Å². The van der Waals surface area contributed by atoms with Crippen molar-refractivity contribution in [2.75, 3.05) is 7.11 Å². The van der Waals surface area contributed by atoms with Crippen LogP contribution in [0, 0.1) is 13.8 Å². The molecule has 1 aromatic heterocycles. The van der Waals surface area contributed by atoms with E-state index < -0.39 is 0 Å². The molecule has 0 aliphatic heterocycles. The Morgan fingerprint density at radius 1 is 1.29 bits per heavy atom. The van der Waals surface area contributed by atoms with Crippen molar-refractivity contribution in [2.24, 2.45) is 5.73 Å². The third-order valence-corrected chi connectivity index (χ3v) is 2.86. The van der Waals surface area contributed by atoms with Crippen LogP contribution in [-0.4, -0.2) is 17.1 Å². The van der Waals surface area contributed by atoms with E-state index in [1.54, 1.807) is 13.4 Å².